The molecule has 2 aliphatic heterocycles. The first-order chi connectivity index (χ1) is 16.5. The van der Waals surface area contributed by atoms with Gasteiger partial charge in [-0.2, -0.15) is 0 Å². The van der Waals surface area contributed by atoms with Crippen LogP contribution < -0.4 is 15.4 Å². The first kappa shape index (κ1) is 23.7. The molecule has 1 fully saturated rings. The second-order valence-corrected chi connectivity index (χ2v) is 8.26. The lowest BCUT2D eigenvalue weighted by molar-refractivity contribution is -0.134. The molecule has 1 saturated heterocycles. The summed E-state index contributed by atoms with van der Waals surface area (Å²) >= 11 is 0. The third-order valence-corrected chi connectivity index (χ3v) is 5.97. The Kier molecular flexibility index (Phi) is 7.43. The summed E-state index contributed by atoms with van der Waals surface area (Å²) in [5.41, 5.74) is 0.776. The van der Waals surface area contributed by atoms with Crippen molar-refractivity contribution in [1.82, 2.24) is 15.4 Å². The summed E-state index contributed by atoms with van der Waals surface area (Å²) in [6.07, 6.45) is 2.35. The zero-order chi connectivity index (χ0) is 24.1. The molecule has 4 rings (SSSR count). The van der Waals surface area contributed by atoms with Crippen LogP contribution in [0, 0.1) is 0 Å². The maximum atomic E-state index is 13.3. The van der Waals surface area contributed by atoms with E-state index in [1.807, 2.05) is 0 Å². The molecule has 0 spiro atoms. The van der Waals surface area contributed by atoms with Crippen LogP contribution in [0.3, 0.4) is 0 Å². The van der Waals surface area contributed by atoms with Gasteiger partial charge in [0, 0.05) is 32.5 Å². The minimum atomic E-state index is -0.469. The highest BCUT2D eigenvalue weighted by atomic mass is 16.5. The van der Waals surface area contributed by atoms with Crippen LogP contribution in [0.15, 0.2) is 35.0 Å². The van der Waals surface area contributed by atoms with Gasteiger partial charge >= 0.3 is 0 Å². The monoisotopic (exact) mass is 472 g/mol. The van der Waals surface area contributed by atoms with E-state index in [1.54, 1.807) is 37.3 Å². The van der Waals surface area contributed by atoms with E-state index in [2.05, 4.69) is 15.8 Å². The van der Waals surface area contributed by atoms with Crippen molar-refractivity contribution in [2.24, 2.45) is 0 Å². The average molecular weight is 472 g/mol. The molecule has 3 heterocycles. The molecule has 2 N–H and O–H groups in total. The Morgan fingerprint density at radius 3 is 2.88 bits per heavy atom. The van der Waals surface area contributed by atoms with E-state index in [-0.39, 0.29) is 48.9 Å². The fourth-order valence-electron chi connectivity index (χ4n) is 4.20. The van der Waals surface area contributed by atoms with E-state index >= 15 is 0 Å². The van der Waals surface area contributed by atoms with Gasteiger partial charge < -0.3 is 34.3 Å². The lowest BCUT2D eigenvalue weighted by Crippen LogP contribution is -2.54. The maximum Gasteiger partial charge on any atom is 0.294 e. The molecule has 0 radical (unpaired) electrons. The predicted molar refractivity (Wildman–Crippen MR) is 120 cm³/mol. The predicted octanol–water partition coefficient (Wildman–Crippen LogP) is 1.46. The van der Waals surface area contributed by atoms with Gasteiger partial charge in [0.2, 0.25) is 11.7 Å². The van der Waals surface area contributed by atoms with Crippen LogP contribution in [0.1, 0.15) is 40.2 Å². The smallest absolute Gasteiger partial charge is 0.294 e. The largest absolute Gasteiger partial charge is 0.490 e. The van der Waals surface area contributed by atoms with Gasteiger partial charge in [-0.3, -0.25) is 14.4 Å². The number of carbonyl (C=O) groups is 3. The first-order valence-electron chi connectivity index (χ1n) is 11.1. The van der Waals surface area contributed by atoms with E-state index in [0.717, 1.165) is 0 Å². The Morgan fingerprint density at radius 1 is 1.26 bits per heavy atom. The molecule has 3 atom stereocenters. The Labute approximate surface area is 196 Å². The van der Waals surface area contributed by atoms with Crippen molar-refractivity contribution >= 4 is 23.4 Å². The van der Waals surface area contributed by atoms with Gasteiger partial charge in [-0.15, -0.1) is 0 Å². The zero-order valence-electron chi connectivity index (χ0n) is 19.1. The normalized spacial score (nSPS) is 22.0. The molecular formula is C23H28N4O7. The highest BCUT2D eigenvalue weighted by Gasteiger charge is 2.39. The van der Waals surface area contributed by atoms with Crippen molar-refractivity contribution < 1.29 is 33.1 Å². The molecule has 0 aliphatic carbocycles. The zero-order valence-corrected chi connectivity index (χ0v) is 19.1. The number of ether oxygens (including phenoxy) is 3. The number of nitrogens with one attached hydrogen (secondary N) is 2. The molecule has 0 unspecified atom stereocenters. The van der Waals surface area contributed by atoms with E-state index in [4.69, 9.17) is 18.7 Å². The number of hydrogen-bond donors (Lipinski definition) is 2. The Hall–Kier alpha value is -3.44. The second-order valence-electron chi connectivity index (χ2n) is 8.26. The van der Waals surface area contributed by atoms with E-state index in [9.17, 15) is 14.4 Å². The number of methoxy groups -OCH3 is 1. The quantitative estimate of drug-likeness (QED) is 0.579. The number of benzene rings is 1. The second kappa shape index (κ2) is 10.7. The Morgan fingerprint density at radius 2 is 2.12 bits per heavy atom. The lowest BCUT2D eigenvalue weighted by atomic mass is 9.94. The minimum Gasteiger partial charge on any atom is -0.490 e. The van der Waals surface area contributed by atoms with Crippen molar-refractivity contribution in [2.45, 2.75) is 37.5 Å². The van der Waals surface area contributed by atoms with Crippen molar-refractivity contribution in [3.8, 4) is 5.75 Å². The summed E-state index contributed by atoms with van der Waals surface area (Å²) < 4.78 is 21.9. The number of nitrogens with zero attached hydrogens (tertiary/aromatic N) is 2. The van der Waals surface area contributed by atoms with Gasteiger partial charge in [0.25, 0.3) is 11.8 Å². The van der Waals surface area contributed by atoms with E-state index in [1.165, 1.54) is 12.3 Å². The Bertz CT molecular complexity index is 1030. The molecule has 0 saturated carbocycles. The third kappa shape index (κ3) is 5.37. The SMILES string of the molecule is COCCNC(=O)C[C@H]1CC[C@H]2[C@@H](COc3ccc(NC(=O)c4ccno4)cc3C(=O)N2C)O1. The number of hydrogen-bond acceptors (Lipinski definition) is 8. The number of rotatable bonds is 7. The van der Waals surface area contributed by atoms with Crippen LogP contribution in [0.4, 0.5) is 5.69 Å². The van der Waals surface area contributed by atoms with Crippen LogP contribution in [0.25, 0.3) is 0 Å². The molecule has 1 aromatic heterocycles. The number of anilines is 1. The lowest BCUT2D eigenvalue weighted by Gasteiger charge is -2.42. The summed E-state index contributed by atoms with van der Waals surface area (Å²) in [7, 11) is 3.31. The van der Waals surface area contributed by atoms with Gasteiger partial charge in [-0.05, 0) is 31.0 Å². The summed E-state index contributed by atoms with van der Waals surface area (Å²) in [6, 6.07) is 6.13. The number of carbonyl (C=O) groups excluding carboxylic acids is 3. The number of aromatic nitrogens is 1. The topological polar surface area (TPSA) is 132 Å². The molecule has 34 heavy (non-hydrogen) atoms. The number of amides is 3. The fraction of sp³-hybridized carbons (Fsp3) is 0.478. The maximum absolute atomic E-state index is 13.3. The van der Waals surface area contributed by atoms with E-state index in [0.29, 0.717) is 43.0 Å². The molecule has 2 aromatic rings. The molecule has 1 aromatic carbocycles. The standard InChI is InChI=1S/C23H28N4O7/c1-27-17-5-4-15(12-21(28)24-9-10-31-2)33-20(17)13-32-18-6-3-14(11-16(18)23(27)30)26-22(29)19-7-8-25-34-19/h3,6-8,11,15,17,20H,4-5,9-10,12-13H2,1-2H3,(H,24,28)(H,26,29)/t15-,17+,20-/m1/s1. The van der Waals surface area contributed by atoms with Crippen molar-refractivity contribution in [1.29, 1.82) is 0 Å². The van der Waals surface area contributed by atoms with E-state index < -0.39 is 5.91 Å². The van der Waals surface area contributed by atoms with Gasteiger partial charge in [0.05, 0.1) is 36.9 Å². The molecule has 3 amide bonds. The number of fused-ring (bicyclic) bond motifs is 2. The molecule has 182 valence electrons. The van der Waals surface area contributed by atoms with Gasteiger partial charge in [0.1, 0.15) is 18.5 Å². The van der Waals surface area contributed by atoms with Crippen molar-refractivity contribution in [2.75, 3.05) is 39.2 Å². The minimum absolute atomic E-state index is 0.0653. The van der Waals surface area contributed by atoms with Crippen molar-refractivity contribution in [3.05, 3.63) is 41.8 Å². The van der Waals surface area contributed by atoms with Crippen LogP contribution in [0.5, 0.6) is 5.75 Å². The van der Waals surface area contributed by atoms with Crippen LogP contribution in [-0.2, 0) is 14.3 Å². The molecular weight excluding hydrogens is 444 g/mol. The summed E-state index contributed by atoms with van der Waals surface area (Å²) in [4.78, 5) is 39.4. The number of likely N-dealkylation sites (N-methyl/N-ethyl adjacent to an activating group) is 1. The van der Waals surface area contributed by atoms with Crippen LogP contribution >= 0.6 is 0 Å². The molecule has 11 nitrogen and oxygen atoms in total. The average Bonchev–Trinajstić information content (AvgIpc) is 3.37. The fourth-order valence-corrected chi connectivity index (χ4v) is 4.20. The highest BCUT2D eigenvalue weighted by molar-refractivity contribution is 6.04. The third-order valence-electron chi connectivity index (χ3n) is 5.97. The highest BCUT2D eigenvalue weighted by Crippen LogP contribution is 2.32. The van der Waals surface area contributed by atoms with Crippen LogP contribution in [0.2, 0.25) is 0 Å². The molecule has 2 aliphatic rings. The summed E-state index contributed by atoms with van der Waals surface area (Å²) in [6.45, 7) is 1.14. The van der Waals surface area contributed by atoms with Crippen molar-refractivity contribution in [3.63, 3.8) is 0 Å². The summed E-state index contributed by atoms with van der Waals surface area (Å²) in [5, 5.41) is 9.02. The van der Waals surface area contributed by atoms with Gasteiger partial charge in [0.15, 0.2) is 0 Å². The Balaban J connectivity index is 1.43. The van der Waals surface area contributed by atoms with Gasteiger partial charge in [-0.25, -0.2) is 0 Å². The molecule has 11 heteroatoms. The van der Waals surface area contributed by atoms with Gasteiger partial charge in [-0.1, -0.05) is 5.16 Å². The molecule has 0 bridgehead atoms. The first-order valence-corrected chi connectivity index (χ1v) is 11.1. The summed E-state index contributed by atoms with van der Waals surface area (Å²) in [5.74, 6) is -0.337. The van der Waals surface area contributed by atoms with Crippen LogP contribution in [-0.4, -0.2) is 79.9 Å².